The van der Waals surface area contributed by atoms with E-state index in [0.29, 0.717) is 18.3 Å². The van der Waals surface area contributed by atoms with Crippen molar-refractivity contribution in [1.29, 1.82) is 0 Å². The summed E-state index contributed by atoms with van der Waals surface area (Å²) in [5.41, 5.74) is 0. The summed E-state index contributed by atoms with van der Waals surface area (Å²) >= 11 is 0. The summed E-state index contributed by atoms with van der Waals surface area (Å²) in [6.07, 6.45) is 5.62. The van der Waals surface area contributed by atoms with Gasteiger partial charge in [-0.15, -0.1) is 0 Å². The van der Waals surface area contributed by atoms with E-state index < -0.39 is 0 Å². The molecule has 4 atom stereocenters. The summed E-state index contributed by atoms with van der Waals surface area (Å²) in [6, 6.07) is 0. The summed E-state index contributed by atoms with van der Waals surface area (Å²) < 4.78 is 10.9. The lowest BCUT2D eigenvalue weighted by Gasteiger charge is -2.35. The molecular weight excluding hydrogens is 356 g/mol. The zero-order chi connectivity index (χ0) is 19.9. The van der Waals surface area contributed by atoms with Crippen LogP contribution in [-0.4, -0.2) is 74.2 Å². The van der Waals surface area contributed by atoms with Crippen molar-refractivity contribution < 1.29 is 19.1 Å². The first-order valence-electron chi connectivity index (χ1n) is 11.3. The first-order chi connectivity index (χ1) is 13.6. The number of nitrogens with zero attached hydrogens (tertiary/aromatic N) is 2. The Hall–Kier alpha value is -1.14. The van der Waals surface area contributed by atoms with Crippen LogP contribution in [-0.2, 0) is 19.1 Å². The van der Waals surface area contributed by atoms with Crippen LogP contribution in [0.25, 0.3) is 0 Å². The van der Waals surface area contributed by atoms with Crippen LogP contribution in [0.3, 0.4) is 0 Å². The third-order valence-electron chi connectivity index (χ3n) is 6.76. The molecule has 0 aromatic rings. The second-order valence-corrected chi connectivity index (χ2v) is 8.77. The molecule has 160 valence electrons. The molecule has 6 heteroatoms. The molecule has 6 nitrogen and oxygen atoms in total. The Labute approximate surface area is 169 Å². The molecule has 2 heterocycles. The van der Waals surface area contributed by atoms with Crippen molar-refractivity contribution in [1.82, 2.24) is 9.80 Å². The summed E-state index contributed by atoms with van der Waals surface area (Å²) in [5.74, 6) is 1.43. The van der Waals surface area contributed by atoms with E-state index in [-0.39, 0.29) is 23.7 Å². The number of hydrogen-bond donors (Lipinski definition) is 0. The van der Waals surface area contributed by atoms with Gasteiger partial charge in [-0.05, 0) is 46.0 Å². The van der Waals surface area contributed by atoms with Gasteiger partial charge in [-0.25, -0.2) is 0 Å². The third kappa shape index (κ3) is 5.47. The van der Waals surface area contributed by atoms with E-state index in [1.807, 2.05) is 9.80 Å². The Balaban J connectivity index is 1.55. The maximum Gasteiger partial charge on any atom is 0.225 e. The zero-order valence-electron chi connectivity index (χ0n) is 17.7. The lowest BCUT2D eigenvalue weighted by Crippen LogP contribution is -2.44. The van der Waals surface area contributed by atoms with E-state index in [1.165, 1.54) is 0 Å². The first-order valence-corrected chi connectivity index (χ1v) is 11.3. The van der Waals surface area contributed by atoms with E-state index in [1.54, 1.807) is 0 Å². The second kappa shape index (κ2) is 10.6. The van der Waals surface area contributed by atoms with Gasteiger partial charge in [-0.2, -0.15) is 0 Å². The molecule has 3 aliphatic rings. The molecule has 0 radical (unpaired) electrons. The van der Waals surface area contributed by atoms with Gasteiger partial charge in [0.05, 0.1) is 13.2 Å². The summed E-state index contributed by atoms with van der Waals surface area (Å²) in [5, 5.41) is 0. The molecule has 0 aromatic carbocycles. The number of amides is 2. The number of carbonyl (C=O) groups is 2. The van der Waals surface area contributed by atoms with Crippen molar-refractivity contribution in [3.8, 4) is 0 Å². The lowest BCUT2D eigenvalue weighted by atomic mass is 9.79. The highest BCUT2D eigenvalue weighted by molar-refractivity contribution is 5.82. The van der Waals surface area contributed by atoms with Gasteiger partial charge in [0.1, 0.15) is 0 Å². The van der Waals surface area contributed by atoms with Gasteiger partial charge in [0.2, 0.25) is 11.8 Å². The molecule has 0 spiro atoms. The molecule has 28 heavy (non-hydrogen) atoms. The van der Waals surface area contributed by atoms with Crippen LogP contribution in [0.2, 0.25) is 0 Å². The van der Waals surface area contributed by atoms with Crippen LogP contribution in [0.1, 0.15) is 52.4 Å². The summed E-state index contributed by atoms with van der Waals surface area (Å²) in [7, 11) is 0. The molecule has 4 unspecified atom stereocenters. The minimum atomic E-state index is -0.00140. The van der Waals surface area contributed by atoms with Gasteiger partial charge in [0, 0.05) is 63.1 Å². The van der Waals surface area contributed by atoms with Crippen molar-refractivity contribution in [3.63, 3.8) is 0 Å². The smallest absolute Gasteiger partial charge is 0.225 e. The minimum Gasteiger partial charge on any atom is -0.381 e. The molecule has 1 saturated carbocycles. The van der Waals surface area contributed by atoms with E-state index in [2.05, 4.69) is 13.8 Å². The maximum atomic E-state index is 13.1. The van der Waals surface area contributed by atoms with Crippen molar-refractivity contribution in [2.45, 2.75) is 52.4 Å². The Morgan fingerprint density at radius 3 is 1.61 bits per heavy atom. The highest BCUT2D eigenvalue weighted by Crippen LogP contribution is 2.32. The van der Waals surface area contributed by atoms with E-state index in [0.717, 1.165) is 84.7 Å². The highest BCUT2D eigenvalue weighted by Gasteiger charge is 2.36. The topological polar surface area (TPSA) is 59.1 Å². The monoisotopic (exact) mass is 394 g/mol. The van der Waals surface area contributed by atoms with Gasteiger partial charge >= 0.3 is 0 Å². The Kier molecular flexibility index (Phi) is 8.15. The predicted molar refractivity (Wildman–Crippen MR) is 108 cm³/mol. The third-order valence-corrected chi connectivity index (χ3v) is 6.76. The quantitative estimate of drug-likeness (QED) is 0.635. The van der Waals surface area contributed by atoms with Crippen molar-refractivity contribution in [2.24, 2.45) is 23.7 Å². The van der Waals surface area contributed by atoms with Crippen molar-refractivity contribution >= 4 is 11.8 Å². The van der Waals surface area contributed by atoms with Crippen LogP contribution in [0.15, 0.2) is 0 Å². The first kappa shape index (κ1) is 21.6. The van der Waals surface area contributed by atoms with Gasteiger partial charge < -0.3 is 19.3 Å². The Morgan fingerprint density at radius 2 is 1.25 bits per heavy atom. The molecule has 1 aliphatic carbocycles. The number of rotatable bonds is 8. The predicted octanol–water partition coefficient (Wildman–Crippen LogP) is 2.56. The van der Waals surface area contributed by atoms with E-state index in [9.17, 15) is 9.59 Å². The molecule has 0 aromatic heterocycles. The van der Waals surface area contributed by atoms with Gasteiger partial charge in [0.25, 0.3) is 0 Å². The molecule has 3 fully saturated rings. The molecular formula is C22H38N2O4. The number of ether oxygens (including phenoxy) is 2. The van der Waals surface area contributed by atoms with Crippen LogP contribution >= 0.6 is 0 Å². The van der Waals surface area contributed by atoms with Crippen molar-refractivity contribution in [2.75, 3.05) is 52.6 Å². The fourth-order valence-corrected chi connectivity index (χ4v) is 4.98. The molecule has 0 bridgehead atoms. The molecule has 0 N–H and O–H groups in total. The fraction of sp³-hybridized carbons (Fsp3) is 0.909. The molecule has 2 aliphatic heterocycles. The average Bonchev–Trinajstić information content (AvgIpc) is 3.43. The summed E-state index contributed by atoms with van der Waals surface area (Å²) in [6.45, 7) is 10.4. The normalized spacial score (nSPS) is 30.4. The van der Waals surface area contributed by atoms with Crippen LogP contribution in [0.5, 0.6) is 0 Å². The van der Waals surface area contributed by atoms with Gasteiger partial charge in [-0.3, -0.25) is 9.59 Å². The maximum absolute atomic E-state index is 13.1. The largest absolute Gasteiger partial charge is 0.381 e. The van der Waals surface area contributed by atoms with Gasteiger partial charge in [-0.1, -0.05) is 6.42 Å². The zero-order valence-corrected chi connectivity index (χ0v) is 17.7. The van der Waals surface area contributed by atoms with Crippen LogP contribution in [0, 0.1) is 23.7 Å². The fourth-order valence-electron chi connectivity index (χ4n) is 4.98. The summed E-state index contributed by atoms with van der Waals surface area (Å²) in [4.78, 5) is 30.3. The molecule has 2 saturated heterocycles. The Morgan fingerprint density at radius 1 is 0.786 bits per heavy atom. The standard InChI is InChI=1S/C22H38N2O4/c1-3-23(13-17-8-10-27-15-17)21(25)19-6-5-7-20(12-19)22(26)24(4-2)14-18-9-11-28-16-18/h17-20H,3-16H2,1-2H3. The average molecular weight is 395 g/mol. The van der Waals surface area contributed by atoms with Crippen LogP contribution < -0.4 is 0 Å². The highest BCUT2D eigenvalue weighted by atomic mass is 16.5. The van der Waals surface area contributed by atoms with Gasteiger partial charge in [0.15, 0.2) is 0 Å². The minimum absolute atomic E-state index is 0.00140. The SMILES string of the molecule is CCN(CC1CCOC1)C(=O)C1CCCC(C(=O)N(CC)CC2CCOC2)C1. The number of carbonyl (C=O) groups excluding carboxylic acids is 2. The second-order valence-electron chi connectivity index (χ2n) is 8.77. The number of hydrogen-bond acceptors (Lipinski definition) is 4. The van der Waals surface area contributed by atoms with E-state index >= 15 is 0 Å². The van der Waals surface area contributed by atoms with Crippen molar-refractivity contribution in [3.05, 3.63) is 0 Å². The molecule has 3 rings (SSSR count). The Bertz CT molecular complexity index is 471. The lowest BCUT2D eigenvalue weighted by molar-refractivity contribution is -0.141. The van der Waals surface area contributed by atoms with E-state index in [4.69, 9.17) is 9.47 Å². The van der Waals surface area contributed by atoms with Crippen LogP contribution in [0.4, 0.5) is 0 Å². The molecule has 2 amide bonds.